The molecule has 20 heavy (non-hydrogen) atoms. The first-order valence-corrected chi connectivity index (χ1v) is 8.71. The summed E-state index contributed by atoms with van der Waals surface area (Å²) in [7, 11) is -1.83. The molecule has 0 radical (unpaired) electrons. The second kappa shape index (κ2) is 6.69. The molecule has 2 N–H and O–H groups in total. The molecule has 1 aliphatic rings. The van der Waals surface area contributed by atoms with E-state index in [0.717, 1.165) is 24.8 Å². The lowest BCUT2D eigenvalue weighted by Crippen LogP contribution is -2.29. The van der Waals surface area contributed by atoms with Crippen molar-refractivity contribution in [3.05, 3.63) is 11.8 Å². The third kappa shape index (κ3) is 3.80. The maximum absolute atomic E-state index is 12.5. The standard InChI is InChI=1S/C13H24N4O2S/c1-3-4-5-8-17(2)20(18,19)13-11(10-15-16-13)9-14-12-6-7-12/h10,12,14H,3-9H2,1-2H3,(H,15,16). The van der Waals surface area contributed by atoms with Gasteiger partial charge in [0.2, 0.25) is 0 Å². The molecule has 0 unspecified atom stereocenters. The Kier molecular flexibility index (Phi) is 5.17. The lowest BCUT2D eigenvalue weighted by molar-refractivity contribution is 0.450. The lowest BCUT2D eigenvalue weighted by atomic mass is 10.2. The van der Waals surface area contributed by atoms with Gasteiger partial charge in [-0.05, 0) is 19.3 Å². The molecule has 2 rings (SSSR count). The second-order valence-electron chi connectivity index (χ2n) is 5.41. The number of hydrogen-bond acceptors (Lipinski definition) is 4. The van der Waals surface area contributed by atoms with Gasteiger partial charge in [0.1, 0.15) is 0 Å². The van der Waals surface area contributed by atoms with Gasteiger partial charge < -0.3 is 5.32 Å². The molecule has 0 bridgehead atoms. The summed E-state index contributed by atoms with van der Waals surface area (Å²) in [6.07, 6.45) is 6.96. The van der Waals surface area contributed by atoms with Crippen LogP contribution < -0.4 is 5.32 Å². The maximum atomic E-state index is 12.5. The van der Waals surface area contributed by atoms with Crippen molar-refractivity contribution in [3.8, 4) is 0 Å². The smallest absolute Gasteiger partial charge is 0.260 e. The fraction of sp³-hybridized carbons (Fsp3) is 0.769. The zero-order chi connectivity index (χ0) is 14.6. The summed E-state index contributed by atoms with van der Waals surface area (Å²) in [6.45, 7) is 3.20. The molecule has 1 saturated carbocycles. The molecule has 1 heterocycles. The molecular formula is C13H24N4O2S. The van der Waals surface area contributed by atoms with Crippen LogP contribution in [-0.4, -0.2) is 42.6 Å². The molecule has 0 amide bonds. The van der Waals surface area contributed by atoms with E-state index in [1.165, 1.54) is 17.1 Å². The highest BCUT2D eigenvalue weighted by Crippen LogP contribution is 2.21. The number of H-pyrrole nitrogens is 1. The highest BCUT2D eigenvalue weighted by Gasteiger charge is 2.27. The molecule has 1 fully saturated rings. The Morgan fingerprint density at radius 3 is 2.85 bits per heavy atom. The van der Waals surface area contributed by atoms with E-state index in [0.29, 0.717) is 19.1 Å². The first kappa shape index (κ1) is 15.5. The van der Waals surface area contributed by atoms with Crippen molar-refractivity contribution in [2.45, 2.75) is 56.6 Å². The molecule has 1 aromatic rings. The molecule has 0 aliphatic heterocycles. The van der Waals surface area contributed by atoms with E-state index in [9.17, 15) is 8.42 Å². The Hall–Kier alpha value is -0.920. The molecule has 1 aliphatic carbocycles. The molecule has 0 aromatic carbocycles. The van der Waals surface area contributed by atoms with Gasteiger partial charge in [-0.2, -0.15) is 9.40 Å². The Morgan fingerprint density at radius 1 is 1.45 bits per heavy atom. The van der Waals surface area contributed by atoms with Crippen LogP contribution in [0.2, 0.25) is 0 Å². The summed E-state index contributed by atoms with van der Waals surface area (Å²) in [5.41, 5.74) is 0.722. The van der Waals surface area contributed by atoms with Gasteiger partial charge in [0.25, 0.3) is 10.0 Å². The van der Waals surface area contributed by atoms with Crippen molar-refractivity contribution in [2.75, 3.05) is 13.6 Å². The third-order valence-corrected chi connectivity index (χ3v) is 5.45. The molecule has 7 heteroatoms. The van der Waals surface area contributed by atoms with E-state index in [1.54, 1.807) is 13.2 Å². The number of hydrogen-bond donors (Lipinski definition) is 2. The zero-order valence-corrected chi connectivity index (χ0v) is 13.0. The summed E-state index contributed by atoms with van der Waals surface area (Å²) < 4.78 is 26.4. The Bertz CT molecular complexity index is 522. The van der Waals surface area contributed by atoms with E-state index in [-0.39, 0.29) is 5.03 Å². The third-order valence-electron chi connectivity index (χ3n) is 3.58. The average Bonchev–Trinajstić information content (AvgIpc) is 3.12. The highest BCUT2D eigenvalue weighted by molar-refractivity contribution is 7.89. The molecule has 114 valence electrons. The number of unbranched alkanes of at least 4 members (excludes halogenated alkanes) is 2. The highest BCUT2D eigenvalue weighted by atomic mass is 32.2. The van der Waals surface area contributed by atoms with E-state index in [2.05, 4.69) is 22.4 Å². The van der Waals surface area contributed by atoms with Crippen LogP contribution in [0.25, 0.3) is 0 Å². The van der Waals surface area contributed by atoms with Crippen molar-refractivity contribution in [1.29, 1.82) is 0 Å². The monoisotopic (exact) mass is 300 g/mol. The summed E-state index contributed by atoms with van der Waals surface area (Å²) in [4.78, 5) is 0. The van der Waals surface area contributed by atoms with Gasteiger partial charge >= 0.3 is 0 Å². The van der Waals surface area contributed by atoms with Crippen molar-refractivity contribution < 1.29 is 8.42 Å². The quantitative estimate of drug-likeness (QED) is 0.677. The summed E-state index contributed by atoms with van der Waals surface area (Å²) in [5.74, 6) is 0. The normalized spacial score (nSPS) is 15.9. The number of sulfonamides is 1. The van der Waals surface area contributed by atoms with Crippen LogP contribution in [0.3, 0.4) is 0 Å². The van der Waals surface area contributed by atoms with Crippen LogP contribution in [0.1, 0.15) is 44.6 Å². The number of aromatic nitrogens is 2. The predicted octanol–water partition coefficient (Wildman–Crippen LogP) is 1.47. The van der Waals surface area contributed by atoms with Gasteiger partial charge in [-0.15, -0.1) is 0 Å². The van der Waals surface area contributed by atoms with Crippen LogP contribution in [0.15, 0.2) is 11.2 Å². The van der Waals surface area contributed by atoms with E-state index >= 15 is 0 Å². The largest absolute Gasteiger partial charge is 0.310 e. The summed E-state index contributed by atoms with van der Waals surface area (Å²) >= 11 is 0. The zero-order valence-electron chi connectivity index (χ0n) is 12.2. The molecule has 1 aromatic heterocycles. The molecule has 0 spiro atoms. The fourth-order valence-corrected chi connectivity index (χ4v) is 3.36. The lowest BCUT2D eigenvalue weighted by Gasteiger charge is -2.16. The Morgan fingerprint density at radius 2 is 2.20 bits per heavy atom. The SMILES string of the molecule is CCCCCN(C)S(=O)(=O)c1[nH]ncc1CNC1CC1. The number of rotatable bonds is 9. The van der Waals surface area contributed by atoms with E-state index in [4.69, 9.17) is 0 Å². The van der Waals surface area contributed by atoms with Gasteiger partial charge in [-0.1, -0.05) is 19.8 Å². The van der Waals surface area contributed by atoms with Gasteiger partial charge in [0, 0.05) is 31.7 Å². The minimum absolute atomic E-state index is 0.227. The number of nitrogens with one attached hydrogen (secondary N) is 2. The van der Waals surface area contributed by atoms with Crippen molar-refractivity contribution >= 4 is 10.0 Å². The van der Waals surface area contributed by atoms with Crippen molar-refractivity contribution in [2.24, 2.45) is 0 Å². The average molecular weight is 300 g/mol. The predicted molar refractivity (Wildman–Crippen MR) is 77.8 cm³/mol. The van der Waals surface area contributed by atoms with Crippen LogP contribution in [0.4, 0.5) is 0 Å². The fourth-order valence-electron chi connectivity index (χ4n) is 2.05. The minimum atomic E-state index is -3.46. The first-order valence-electron chi connectivity index (χ1n) is 7.27. The van der Waals surface area contributed by atoms with Crippen molar-refractivity contribution in [3.63, 3.8) is 0 Å². The molecule has 0 atom stereocenters. The van der Waals surface area contributed by atoms with Crippen LogP contribution in [-0.2, 0) is 16.6 Å². The molecular weight excluding hydrogens is 276 g/mol. The van der Waals surface area contributed by atoms with E-state index < -0.39 is 10.0 Å². The topological polar surface area (TPSA) is 78.1 Å². The summed E-state index contributed by atoms with van der Waals surface area (Å²) in [6, 6.07) is 0.544. The maximum Gasteiger partial charge on any atom is 0.260 e. The van der Waals surface area contributed by atoms with Gasteiger partial charge in [-0.3, -0.25) is 5.10 Å². The van der Waals surface area contributed by atoms with Gasteiger partial charge in [-0.25, -0.2) is 8.42 Å². The van der Waals surface area contributed by atoms with Crippen LogP contribution >= 0.6 is 0 Å². The van der Waals surface area contributed by atoms with Gasteiger partial charge in [0.05, 0.1) is 6.20 Å². The number of nitrogens with zero attached hydrogens (tertiary/aromatic N) is 2. The Labute approximate surface area is 121 Å². The van der Waals surface area contributed by atoms with Crippen molar-refractivity contribution in [1.82, 2.24) is 19.8 Å². The summed E-state index contributed by atoms with van der Waals surface area (Å²) in [5, 5.41) is 10.1. The second-order valence-corrected chi connectivity index (χ2v) is 7.39. The Balaban J connectivity index is 2.01. The number of aromatic amines is 1. The van der Waals surface area contributed by atoms with E-state index in [1.807, 2.05) is 0 Å². The minimum Gasteiger partial charge on any atom is -0.310 e. The van der Waals surface area contributed by atoms with Gasteiger partial charge in [0.15, 0.2) is 5.03 Å². The van der Waals surface area contributed by atoms with Crippen LogP contribution in [0, 0.1) is 0 Å². The first-order chi connectivity index (χ1) is 9.55. The molecule has 6 nitrogen and oxygen atoms in total. The molecule has 0 saturated heterocycles. The van der Waals surface area contributed by atoms with Crippen LogP contribution in [0.5, 0.6) is 0 Å².